The molecule has 2 aromatic carbocycles. The van der Waals surface area contributed by atoms with Gasteiger partial charge in [-0.1, -0.05) is 6.07 Å². The number of sulfonamides is 1. The van der Waals surface area contributed by atoms with Crippen LogP contribution in [-0.2, 0) is 10.0 Å². The molecule has 0 aliphatic heterocycles. The minimum atomic E-state index is -4.11. The summed E-state index contributed by atoms with van der Waals surface area (Å²) in [5.41, 5.74) is 5.18. The summed E-state index contributed by atoms with van der Waals surface area (Å²) in [7, 11) is -4.11. The van der Waals surface area contributed by atoms with Crippen molar-refractivity contribution in [1.82, 2.24) is 0 Å². The van der Waals surface area contributed by atoms with Crippen molar-refractivity contribution >= 4 is 37.3 Å². The molecule has 0 fully saturated rings. The summed E-state index contributed by atoms with van der Waals surface area (Å²) < 4.78 is 53.3. The zero-order chi connectivity index (χ0) is 14.9. The molecule has 0 spiro atoms. The van der Waals surface area contributed by atoms with Crippen LogP contribution in [0.1, 0.15) is 0 Å². The first-order valence-electron chi connectivity index (χ1n) is 5.33. The molecule has 0 aromatic heterocycles. The maximum atomic E-state index is 13.4. The van der Waals surface area contributed by atoms with Crippen LogP contribution < -0.4 is 10.5 Å². The highest BCUT2D eigenvalue weighted by molar-refractivity contribution is 9.10. The second-order valence-electron chi connectivity index (χ2n) is 3.89. The molecule has 2 aromatic rings. The van der Waals surface area contributed by atoms with E-state index in [4.69, 9.17) is 5.73 Å². The van der Waals surface area contributed by atoms with Crippen molar-refractivity contribution in [3.63, 3.8) is 0 Å². The number of nitrogens with one attached hydrogen (secondary N) is 1. The third-order valence-electron chi connectivity index (χ3n) is 2.48. The number of nitrogen functional groups attached to an aromatic ring is 1. The number of para-hydroxylation sites is 1. The van der Waals surface area contributed by atoms with E-state index >= 15 is 0 Å². The first-order valence-corrected chi connectivity index (χ1v) is 7.61. The van der Waals surface area contributed by atoms with Crippen molar-refractivity contribution in [3.05, 3.63) is 52.5 Å². The van der Waals surface area contributed by atoms with Gasteiger partial charge < -0.3 is 5.73 Å². The maximum absolute atomic E-state index is 13.4. The Morgan fingerprint density at radius 3 is 2.25 bits per heavy atom. The zero-order valence-corrected chi connectivity index (χ0v) is 12.3. The Labute approximate surface area is 122 Å². The van der Waals surface area contributed by atoms with Crippen LogP contribution in [-0.4, -0.2) is 8.42 Å². The third-order valence-corrected chi connectivity index (χ3v) is 4.52. The van der Waals surface area contributed by atoms with Gasteiger partial charge in [0.1, 0.15) is 17.3 Å². The highest BCUT2D eigenvalue weighted by Gasteiger charge is 2.19. The Hall–Kier alpha value is -1.67. The highest BCUT2D eigenvalue weighted by Crippen LogP contribution is 2.26. The maximum Gasteiger partial charge on any atom is 0.262 e. The van der Waals surface area contributed by atoms with Crippen molar-refractivity contribution in [3.8, 4) is 0 Å². The van der Waals surface area contributed by atoms with E-state index in [1.165, 1.54) is 18.2 Å². The van der Waals surface area contributed by atoms with Crippen molar-refractivity contribution in [1.29, 1.82) is 0 Å². The molecule has 0 unspecified atom stereocenters. The molecule has 0 saturated heterocycles. The first-order chi connectivity index (χ1) is 9.31. The lowest BCUT2D eigenvalue weighted by atomic mass is 10.3. The lowest BCUT2D eigenvalue weighted by Crippen LogP contribution is -2.15. The van der Waals surface area contributed by atoms with Gasteiger partial charge in [0.2, 0.25) is 0 Å². The van der Waals surface area contributed by atoms with Crippen LogP contribution in [0.5, 0.6) is 0 Å². The van der Waals surface area contributed by atoms with Gasteiger partial charge in [0.25, 0.3) is 10.0 Å². The summed E-state index contributed by atoms with van der Waals surface area (Å²) in [5.74, 6) is -1.99. The molecule has 4 nitrogen and oxygen atoms in total. The summed E-state index contributed by atoms with van der Waals surface area (Å²) in [6.07, 6.45) is 0. The van der Waals surface area contributed by atoms with Crippen molar-refractivity contribution in [2.75, 3.05) is 10.5 Å². The molecular weight excluding hydrogens is 354 g/mol. The Morgan fingerprint density at radius 2 is 1.70 bits per heavy atom. The van der Waals surface area contributed by atoms with Crippen LogP contribution >= 0.6 is 15.9 Å². The Morgan fingerprint density at radius 1 is 1.10 bits per heavy atom. The Kier molecular flexibility index (Phi) is 3.96. The predicted molar refractivity (Wildman–Crippen MR) is 75.7 cm³/mol. The lowest BCUT2D eigenvalue weighted by molar-refractivity contribution is 0.583. The van der Waals surface area contributed by atoms with Crippen LogP contribution in [0.15, 0.2) is 45.8 Å². The van der Waals surface area contributed by atoms with Crippen LogP contribution in [0, 0.1) is 11.6 Å². The largest absolute Gasteiger partial charge is 0.398 e. The number of anilines is 2. The van der Waals surface area contributed by atoms with Gasteiger partial charge in [0, 0.05) is 10.2 Å². The van der Waals surface area contributed by atoms with Gasteiger partial charge >= 0.3 is 0 Å². The van der Waals surface area contributed by atoms with Crippen molar-refractivity contribution in [2.24, 2.45) is 0 Å². The first kappa shape index (κ1) is 14.7. The van der Waals surface area contributed by atoms with E-state index < -0.39 is 27.3 Å². The summed E-state index contributed by atoms with van der Waals surface area (Å²) in [5, 5.41) is 0. The van der Waals surface area contributed by atoms with Crippen LogP contribution in [0.2, 0.25) is 0 Å². The van der Waals surface area contributed by atoms with Gasteiger partial charge in [-0.2, -0.15) is 0 Å². The zero-order valence-electron chi connectivity index (χ0n) is 9.90. The van der Waals surface area contributed by atoms with Gasteiger partial charge in [-0.25, -0.2) is 17.2 Å². The van der Waals surface area contributed by atoms with Gasteiger partial charge in [0.15, 0.2) is 0 Å². The van der Waals surface area contributed by atoms with Crippen LogP contribution in [0.25, 0.3) is 0 Å². The molecule has 20 heavy (non-hydrogen) atoms. The molecule has 0 atom stereocenters. The number of nitrogens with two attached hydrogens (primary N) is 1. The monoisotopic (exact) mass is 362 g/mol. The molecule has 2 rings (SSSR count). The predicted octanol–water partition coefficient (Wildman–Crippen LogP) is 3.11. The highest BCUT2D eigenvalue weighted by atomic mass is 79.9. The summed E-state index contributed by atoms with van der Waals surface area (Å²) in [6, 6.07) is 6.91. The van der Waals surface area contributed by atoms with E-state index in [1.54, 1.807) is 0 Å². The minimum absolute atomic E-state index is 0.166. The van der Waals surface area contributed by atoms with E-state index in [9.17, 15) is 17.2 Å². The van der Waals surface area contributed by atoms with E-state index in [1.807, 2.05) is 4.72 Å². The smallest absolute Gasteiger partial charge is 0.262 e. The molecule has 0 aliphatic rings. The number of benzene rings is 2. The minimum Gasteiger partial charge on any atom is -0.398 e. The van der Waals surface area contributed by atoms with Gasteiger partial charge in [-0.15, -0.1) is 0 Å². The standard InChI is InChI=1S/C12H9BrF2N2O2S/c13-8-6-7(4-5-11(8)16)20(18,19)17-12-9(14)2-1-3-10(12)15/h1-6,17H,16H2. The van der Waals surface area contributed by atoms with E-state index in [0.717, 1.165) is 18.2 Å². The quantitative estimate of drug-likeness (QED) is 0.824. The van der Waals surface area contributed by atoms with Crippen molar-refractivity contribution < 1.29 is 17.2 Å². The van der Waals surface area contributed by atoms with Crippen LogP contribution in [0.3, 0.4) is 0 Å². The van der Waals surface area contributed by atoms with Crippen LogP contribution in [0.4, 0.5) is 20.2 Å². The van der Waals surface area contributed by atoms with Gasteiger partial charge in [-0.3, -0.25) is 4.72 Å². The normalized spacial score (nSPS) is 11.3. The SMILES string of the molecule is Nc1ccc(S(=O)(=O)Nc2c(F)cccc2F)cc1Br. The van der Waals surface area contributed by atoms with E-state index in [2.05, 4.69) is 15.9 Å². The fraction of sp³-hybridized carbons (Fsp3) is 0. The fourth-order valence-electron chi connectivity index (χ4n) is 1.46. The summed E-state index contributed by atoms with van der Waals surface area (Å²) in [6.45, 7) is 0. The van der Waals surface area contributed by atoms with E-state index in [0.29, 0.717) is 10.2 Å². The number of halogens is 3. The molecular formula is C12H9BrF2N2O2S. The molecule has 8 heteroatoms. The second kappa shape index (κ2) is 5.37. The molecule has 0 bridgehead atoms. The Balaban J connectivity index is 2.43. The molecule has 0 radical (unpaired) electrons. The number of hydrogen-bond acceptors (Lipinski definition) is 3. The van der Waals surface area contributed by atoms with Crippen molar-refractivity contribution in [2.45, 2.75) is 4.90 Å². The molecule has 0 saturated carbocycles. The average Bonchev–Trinajstić information content (AvgIpc) is 2.37. The molecule has 3 N–H and O–H groups in total. The summed E-state index contributed by atoms with van der Waals surface area (Å²) in [4.78, 5) is -0.166. The number of rotatable bonds is 3. The summed E-state index contributed by atoms with van der Waals surface area (Å²) >= 11 is 3.09. The average molecular weight is 363 g/mol. The number of hydrogen-bond donors (Lipinski definition) is 2. The lowest BCUT2D eigenvalue weighted by Gasteiger charge is -2.10. The topological polar surface area (TPSA) is 72.2 Å². The van der Waals surface area contributed by atoms with E-state index in [-0.39, 0.29) is 4.90 Å². The molecule has 0 amide bonds. The molecule has 0 heterocycles. The molecule has 0 aliphatic carbocycles. The fourth-order valence-corrected chi connectivity index (χ4v) is 3.10. The van der Waals surface area contributed by atoms with Gasteiger partial charge in [0.05, 0.1) is 4.90 Å². The molecule has 106 valence electrons. The second-order valence-corrected chi connectivity index (χ2v) is 6.42. The Bertz CT molecular complexity index is 746. The third kappa shape index (κ3) is 2.91. The van der Waals surface area contributed by atoms with Gasteiger partial charge in [-0.05, 0) is 46.3 Å².